The summed E-state index contributed by atoms with van der Waals surface area (Å²) in [4.78, 5) is 21.4. The average molecular weight is 359 g/mol. The fourth-order valence-electron chi connectivity index (χ4n) is 3.26. The zero-order chi connectivity index (χ0) is 18.9. The number of hydrogen-bond acceptors (Lipinski definition) is 2. The molecular formula is C21H34N4O. The number of nitrogens with one attached hydrogen (secondary N) is 1. The normalized spacial score (nSPS) is 15.8. The summed E-state index contributed by atoms with van der Waals surface area (Å²) in [5.41, 5.74) is 1.88. The van der Waals surface area contributed by atoms with E-state index in [4.69, 9.17) is 4.99 Å². The first-order valence-corrected chi connectivity index (χ1v) is 10.00. The van der Waals surface area contributed by atoms with E-state index in [1.807, 2.05) is 43.0 Å². The highest BCUT2D eigenvalue weighted by Crippen LogP contribution is 2.16. The van der Waals surface area contributed by atoms with Gasteiger partial charge < -0.3 is 15.1 Å². The summed E-state index contributed by atoms with van der Waals surface area (Å²) in [6.45, 7) is 13.6. The number of likely N-dealkylation sites (tertiary alicyclic amines) is 1. The number of carbonyl (C=O) groups is 1. The van der Waals surface area contributed by atoms with E-state index in [0.717, 1.165) is 55.7 Å². The third-order valence-corrected chi connectivity index (χ3v) is 5.08. The van der Waals surface area contributed by atoms with Crippen LogP contribution in [0.1, 0.15) is 56.5 Å². The van der Waals surface area contributed by atoms with Crippen LogP contribution in [0, 0.1) is 5.92 Å². The minimum atomic E-state index is 0.0980. The lowest BCUT2D eigenvalue weighted by molar-refractivity contribution is 0.0773. The van der Waals surface area contributed by atoms with E-state index in [-0.39, 0.29) is 5.91 Å². The van der Waals surface area contributed by atoms with Gasteiger partial charge in [0.25, 0.3) is 5.91 Å². The van der Waals surface area contributed by atoms with Crippen molar-refractivity contribution in [1.82, 2.24) is 15.1 Å². The SMILES string of the molecule is CCNC(=NCc1ccc(C(=O)N(CC)CC)cc1)N1CCC(C)CC1. The number of nitrogens with zero attached hydrogens (tertiary/aromatic N) is 3. The second-order valence-corrected chi connectivity index (χ2v) is 7.01. The van der Waals surface area contributed by atoms with Crippen LogP contribution in [-0.4, -0.2) is 54.4 Å². The summed E-state index contributed by atoms with van der Waals surface area (Å²) >= 11 is 0. The smallest absolute Gasteiger partial charge is 0.253 e. The lowest BCUT2D eigenvalue weighted by Gasteiger charge is -2.33. The van der Waals surface area contributed by atoms with Gasteiger partial charge in [0.1, 0.15) is 0 Å². The minimum absolute atomic E-state index is 0.0980. The van der Waals surface area contributed by atoms with E-state index in [1.165, 1.54) is 12.8 Å². The number of amides is 1. The molecule has 1 heterocycles. The Labute approximate surface area is 158 Å². The number of aliphatic imine (C=N–C) groups is 1. The van der Waals surface area contributed by atoms with Crippen molar-refractivity contribution in [2.24, 2.45) is 10.9 Å². The number of rotatable bonds is 6. The van der Waals surface area contributed by atoms with Gasteiger partial charge >= 0.3 is 0 Å². The molecule has 144 valence electrons. The molecule has 0 atom stereocenters. The molecule has 1 N–H and O–H groups in total. The fourth-order valence-corrected chi connectivity index (χ4v) is 3.26. The second-order valence-electron chi connectivity index (χ2n) is 7.01. The maximum Gasteiger partial charge on any atom is 0.253 e. The Morgan fingerprint density at radius 3 is 2.31 bits per heavy atom. The van der Waals surface area contributed by atoms with Crippen molar-refractivity contribution in [2.75, 3.05) is 32.7 Å². The van der Waals surface area contributed by atoms with Gasteiger partial charge in [0, 0.05) is 38.3 Å². The number of piperidine rings is 1. The standard InChI is InChI=1S/C21H34N4O/c1-5-22-21(25-14-12-17(4)13-15-25)23-16-18-8-10-19(11-9-18)20(26)24(6-2)7-3/h8-11,17H,5-7,12-16H2,1-4H3,(H,22,23). The zero-order valence-electron chi connectivity index (χ0n) is 16.8. The van der Waals surface area contributed by atoms with E-state index in [0.29, 0.717) is 6.54 Å². The molecule has 0 bridgehead atoms. The molecule has 1 fully saturated rings. The van der Waals surface area contributed by atoms with Crippen molar-refractivity contribution in [3.8, 4) is 0 Å². The Morgan fingerprint density at radius 2 is 1.77 bits per heavy atom. The lowest BCUT2D eigenvalue weighted by Crippen LogP contribution is -2.45. The Bertz CT molecular complexity index is 585. The van der Waals surface area contributed by atoms with Crippen LogP contribution in [-0.2, 0) is 6.54 Å². The molecule has 1 aliphatic heterocycles. The van der Waals surface area contributed by atoms with Gasteiger partial charge in [0.05, 0.1) is 6.54 Å². The Hall–Kier alpha value is -2.04. The number of hydrogen-bond donors (Lipinski definition) is 1. The van der Waals surface area contributed by atoms with E-state index in [9.17, 15) is 4.79 Å². The first-order chi connectivity index (χ1) is 12.6. The van der Waals surface area contributed by atoms with Gasteiger partial charge in [0.15, 0.2) is 5.96 Å². The van der Waals surface area contributed by atoms with Crippen LogP contribution in [0.5, 0.6) is 0 Å². The molecule has 5 heteroatoms. The topological polar surface area (TPSA) is 47.9 Å². The first-order valence-electron chi connectivity index (χ1n) is 10.00. The molecule has 0 aromatic heterocycles. The van der Waals surface area contributed by atoms with Gasteiger partial charge in [0.2, 0.25) is 0 Å². The van der Waals surface area contributed by atoms with Crippen LogP contribution in [0.15, 0.2) is 29.3 Å². The van der Waals surface area contributed by atoms with Gasteiger partial charge in [-0.1, -0.05) is 19.1 Å². The summed E-state index contributed by atoms with van der Waals surface area (Å²) in [6.07, 6.45) is 2.46. The molecule has 0 unspecified atom stereocenters. The summed E-state index contributed by atoms with van der Waals surface area (Å²) in [6, 6.07) is 7.87. The van der Waals surface area contributed by atoms with Gasteiger partial charge in [-0.15, -0.1) is 0 Å². The van der Waals surface area contributed by atoms with Gasteiger partial charge in [-0.25, -0.2) is 4.99 Å². The predicted molar refractivity (Wildman–Crippen MR) is 108 cm³/mol. The van der Waals surface area contributed by atoms with E-state index < -0.39 is 0 Å². The van der Waals surface area contributed by atoms with Crippen LogP contribution in [0.25, 0.3) is 0 Å². The molecule has 1 aromatic carbocycles. The van der Waals surface area contributed by atoms with Crippen molar-refractivity contribution in [2.45, 2.75) is 47.1 Å². The molecule has 1 saturated heterocycles. The summed E-state index contributed by atoms with van der Waals surface area (Å²) < 4.78 is 0. The largest absolute Gasteiger partial charge is 0.357 e. The third kappa shape index (κ3) is 5.48. The highest BCUT2D eigenvalue weighted by Gasteiger charge is 2.18. The van der Waals surface area contributed by atoms with Gasteiger partial charge in [-0.05, 0) is 57.2 Å². The van der Waals surface area contributed by atoms with Crippen LogP contribution in [0.4, 0.5) is 0 Å². The van der Waals surface area contributed by atoms with Crippen molar-refractivity contribution in [1.29, 1.82) is 0 Å². The quantitative estimate of drug-likeness (QED) is 0.626. The highest BCUT2D eigenvalue weighted by molar-refractivity contribution is 5.94. The van der Waals surface area contributed by atoms with Gasteiger partial charge in [-0.2, -0.15) is 0 Å². The van der Waals surface area contributed by atoms with Crippen molar-refractivity contribution in [3.05, 3.63) is 35.4 Å². The lowest BCUT2D eigenvalue weighted by atomic mass is 10.00. The van der Waals surface area contributed by atoms with Crippen molar-refractivity contribution < 1.29 is 4.79 Å². The number of benzene rings is 1. The van der Waals surface area contributed by atoms with E-state index in [1.54, 1.807) is 0 Å². The monoisotopic (exact) mass is 358 g/mol. The summed E-state index contributed by atoms with van der Waals surface area (Å²) in [5.74, 6) is 1.91. The van der Waals surface area contributed by atoms with E-state index >= 15 is 0 Å². The molecular weight excluding hydrogens is 324 g/mol. The number of carbonyl (C=O) groups excluding carboxylic acids is 1. The first kappa shape index (κ1) is 20.3. The Kier molecular flexibility index (Phi) is 7.95. The molecule has 0 saturated carbocycles. The fraction of sp³-hybridized carbons (Fsp3) is 0.619. The Morgan fingerprint density at radius 1 is 1.15 bits per heavy atom. The molecule has 0 aliphatic carbocycles. The third-order valence-electron chi connectivity index (χ3n) is 5.08. The van der Waals surface area contributed by atoms with Crippen molar-refractivity contribution >= 4 is 11.9 Å². The second kappa shape index (κ2) is 10.2. The Balaban J connectivity index is 2.01. The zero-order valence-corrected chi connectivity index (χ0v) is 16.8. The maximum atomic E-state index is 12.4. The minimum Gasteiger partial charge on any atom is -0.357 e. The van der Waals surface area contributed by atoms with E-state index in [2.05, 4.69) is 24.1 Å². The van der Waals surface area contributed by atoms with Crippen LogP contribution >= 0.6 is 0 Å². The molecule has 1 aliphatic rings. The highest BCUT2D eigenvalue weighted by atomic mass is 16.2. The molecule has 1 amide bonds. The molecule has 1 aromatic rings. The van der Waals surface area contributed by atoms with Crippen LogP contribution in [0.2, 0.25) is 0 Å². The average Bonchev–Trinajstić information content (AvgIpc) is 2.67. The van der Waals surface area contributed by atoms with Gasteiger partial charge in [-0.3, -0.25) is 4.79 Å². The molecule has 5 nitrogen and oxygen atoms in total. The summed E-state index contributed by atoms with van der Waals surface area (Å²) in [7, 11) is 0. The van der Waals surface area contributed by atoms with Crippen LogP contribution < -0.4 is 5.32 Å². The molecule has 0 radical (unpaired) electrons. The predicted octanol–water partition coefficient (Wildman–Crippen LogP) is 3.37. The summed E-state index contributed by atoms with van der Waals surface area (Å²) in [5, 5.41) is 3.41. The van der Waals surface area contributed by atoms with Crippen molar-refractivity contribution in [3.63, 3.8) is 0 Å². The van der Waals surface area contributed by atoms with Crippen LogP contribution in [0.3, 0.4) is 0 Å². The molecule has 2 rings (SSSR count). The number of guanidine groups is 1. The molecule has 0 spiro atoms. The maximum absolute atomic E-state index is 12.4. The molecule has 26 heavy (non-hydrogen) atoms.